The summed E-state index contributed by atoms with van der Waals surface area (Å²) in [4.78, 5) is 16.1. The molecule has 0 atom stereocenters. The molecule has 2 saturated heterocycles. The van der Waals surface area contributed by atoms with Crippen molar-refractivity contribution >= 4 is 17.6 Å². The lowest BCUT2D eigenvalue weighted by Gasteiger charge is -2.22. The second-order valence-electron chi connectivity index (χ2n) is 8.75. The molecule has 0 aliphatic carbocycles. The molecule has 2 N–H and O–H groups in total. The van der Waals surface area contributed by atoms with E-state index in [0.29, 0.717) is 35.8 Å². The Morgan fingerprint density at radius 1 is 1.09 bits per heavy atom. The molecular weight excluding hydrogens is 420 g/mol. The second kappa shape index (κ2) is 12.0. The number of methoxy groups -OCH3 is 1. The first-order chi connectivity index (χ1) is 16.2. The summed E-state index contributed by atoms with van der Waals surface area (Å²) in [5, 5.41) is 6.67. The van der Waals surface area contributed by atoms with Crippen LogP contribution in [0.25, 0.3) is 0 Å². The number of anilines is 3. The van der Waals surface area contributed by atoms with Gasteiger partial charge in [-0.3, -0.25) is 0 Å². The van der Waals surface area contributed by atoms with Crippen LogP contribution in [0, 0.1) is 12.8 Å². The molecule has 0 amide bonds. The number of pyridine rings is 1. The number of hydrogen-bond acceptors (Lipinski definition) is 9. The summed E-state index contributed by atoms with van der Waals surface area (Å²) in [6.45, 7) is 8.64. The Bertz CT molecular complexity index is 884. The standard InChI is InChI=1S/C24H36N6O3/c1-18-14-22(25-16-19-6-12-32-13-7-19)28-24(27-18)29-23-15-20(21(31-2)17-26-23)33-11-5-10-30-8-3-4-9-30/h14-15,17,19H,3-13,16H2,1-2H3,(H2,25,26,27,28,29). The summed E-state index contributed by atoms with van der Waals surface area (Å²) in [6, 6.07) is 3.80. The molecule has 180 valence electrons. The topological polar surface area (TPSA) is 93.7 Å². The predicted octanol–water partition coefficient (Wildman–Crippen LogP) is 3.64. The van der Waals surface area contributed by atoms with E-state index in [1.165, 1.54) is 25.9 Å². The maximum absolute atomic E-state index is 6.02. The molecule has 2 aliphatic rings. The zero-order valence-corrected chi connectivity index (χ0v) is 19.8. The molecule has 33 heavy (non-hydrogen) atoms. The van der Waals surface area contributed by atoms with Gasteiger partial charge in [0, 0.05) is 44.1 Å². The average molecular weight is 457 g/mol. The van der Waals surface area contributed by atoms with Crippen molar-refractivity contribution in [3.8, 4) is 11.5 Å². The highest BCUT2D eigenvalue weighted by molar-refractivity contribution is 5.55. The molecule has 2 aromatic rings. The Morgan fingerprint density at radius 3 is 2.70 bits per heavy atom. The van der Waals surface area contributed by atoms with Crippen LogP contribution in [-0.4, -0.2) is 73.0 Å². The van der Waals surface area contributed by atoms with Crippen LogP contribution >= 0.6 is 0 Å². The van der Waals surface area contributed by atoms with Crippen molar-refractivity contribution in [2.45, 2.75) is 39.0 Å². The molecule has 2 aromatic heterocycles. The van der Waals surface area contributed by atoms with Crippen LogP contribution < -0.4 is 20.1 Å². The van der Waals surface area contributed by atoms with E-state index >= 15 is 0 Å². The highest BCUT2D eigenvalue weighted by atomic mass is 16.5. The lowest BCUT2D eigenvalue weighted by atomic mass is 10.0. The third-order valence-electron chi connectivity index (χ3n) is 6.13. The van der Waals surface area contributed by atoms with Crippen LogP contribution in [0.4, 0.5) is 17.6 Å². The summed E-state index contributed by atoms with van der Waals surface area (Å²) in [5.41, 5.74) is 0.883. The maximum atomic E-state index is 6.02. The summed E-state index contributed by atoms with van der Waals surface area (Å²) in [5.74, 6) is 3.82. The summed E-state index contributed by atoms with van der Waals surface area (Å²) in [6.07, 6.45) is 7.43. The quantitative estimate of drug-likeness (QED) is 0.492. The molecule has 4 rings (SSSR count). The summed E-state index contributed by atoms with van der Waals surface area (Å²) >= 11 is 0. The molecule has 9 nitrogen and oxygen atoms in total. The molecule has 0 radical (unpaired) electrons. The SMILES string of the molecule is COc1cnc(Nc2nc(C)cc(NCC3CCOCC3)n2)cc1OCCCN1CCCC1. The number of aromatic nitrogens is 3. The molecule has 9 heteroatoms. The largest absolute Gasteiger partial charge is 0.491 e. The first-order valence-corrected chi connectivity index (χ1v) is 12.0. The van der Waals surface area contributed by atoms with Gasteiger partial charge in [0.25, 0.3) is 0 Å². The van der Waals surface area contributed by atoms with Crippen LogP contribution in [0.5, 0.6) is 11.5 Å². The Hall–Kier alpha value is -2.65. The number of aryl methyl sites for hydroxylation is 1. The van der Waals surface area contributed by atoms with Gasteiger partial charge in [0.05, 0.1) is 19.9 Å². The van der Waals surface area contributed by atoms with Gasteiger partial charge in [0.1, 0.15) is 11.6 Å². The van der Waals surface area contributed by atoms with Crippen LogP contribution in [0.15, 0.2) is 18.3 Å². The highest BCUT2D eigenvalue weighted by Crippen LogP contribution is 2.29. The normalized spacial score (nSPS) is 17.2. The zero-order valence-electron chi connectivity index (χ0n) is 19.8. The van der Waals surface area contributed by atoms with E-state index in [1.807, 2.05) is 19.1 Å². The van der Waals surface area contributed by atoms with Gasteiger partial charge in [-0.25, -0.2) is 9.97 Å². The summed E-state index contributed by atoms with van der Waals surface area (Å²) < 4.78 is 16.9. The minimum absolute atomic E-state index is 0.502. The Labute approximate surface area is 196 Å². The van der Waals surface area contributed by atoms with Gasteiger partial charge in [-0.1, -0.05) is 0 Å². The Kier molecular flexibility index (Phi) is 8.54. The first kappa shape index (κ1) is 23.5. The zero-order chi connectivity index (χ0) is 22.9. The molecule has 0 spiro atoms. The van der Waals surface area contributed by atoms with E-state index in [9.17, 15) is 0 Å². The molecule has 0 unspecified atom stereocenters. The third kappa shape index (κ3) is 7.17. The predicted molar refractivity (Wildman–Crippen MR) is 129 cm³/mol. The summed E-state index contributed by atoms with van der Waals surface area (Å²) in [7, 11) is 1.63. The van der Waals surface area contributed by atoms with Crippen molar-refractivity contribution in [3.63, 3.8) is 0 Å². The van der Waals surface area contributed by atoms with Gasteiger partial charge in [-0.15, -0.1) is 0 Å². The van der Waals surface area contributed by atoms with E-state index in [2.05, 4.69) is 30.5 Å². The number of nitrogens with zero attached hydrogens (tertiary/aromatic N) is 4. The van der Waals surface area contributed by atoms with E-state index in [-0.39, 0.29) is 0 Å². The van der Waals surface area contributed by atoms with E-state index in [4.69, 9.17) is 14.2 Å². The van der Waals surface area contributed by atoms with Gasteiger partial charge in [-0.2, -0.15) is 4.98 Å². The fourth-order valence-corrected chi connectivity index (χ4v) is 4.26. The Morgan fingerprint density at radius 2 is 1.91 bits per heavy atom. The molecule has 4 heterocycles. The number of rotatable bonds is 11. The van der Waals surface area contributed by atoms with Crippen molar-refractivity contribution in [1.29, 1.82) is 0 Å². The second-order valence-corrected chi connectivity index (χ2v) is 8.75. The van der Waals surface area contributed by atoms with Gasteiger partial charge in [0.2, 0.25) is 5.95 Å². The van der Waals surface area contributed by atoms with Crippen molar-refractivity contribution in [3.05, 3.63) is 24.0 Å². The number of likely N-dealkylation sites (tertiary alicyclic amines) is 1. The monoisotopic (exact) mass is 456 g/mol. The number of ether oxygens (including phenoxy) is 3. The number of hydrogen-bond donors (Lipinski definition) is 2. The van der Waals surface area contributed by atoms with Gasteiger partial charge >= 0.3 is 0 Å². The lowest BCUT2D eigenvalue weighted by Crippen LogP contribution is -2.23. The molecule has 0 bridgehead atoms. The van der Waals surface area contributed by atoms with Crippen molar-refractivity contribution < 1.29 is 14.2 Å². The van der Waals surface area contributed by atoms with E-state index in [1.54, 1.807) is 13.3 Å². The van der Waals surface area contributed by atoms with Gasteiger partial charge in [0.15, 0.2) is 11.5 Å². The molecular formula is C24H36N6O3. The molecule has 2 aliphatic heterocycles. The van der Waals surface area contributed by atoms with E-state index < -0.39 is 0 Å². The van der Waals surface area contributed by atoms with Crippen LogP contribution in [-0.2, 0) is 4.74 Å². The minimum Gasteiger partial charge on any atom is -0.491 e. The number of nitrogens with one attached hydrogen (secondary N) is 2. The average Bonchev–Trinajstić information content (AvgIpc) is 3.35. The van der Waals surface area contributed by atoms with Crippen molar-refractivity contribution in [1.82, 2.24) is 19.9 Å². The first-order valence-electron chi connectivity index (χ1n) is 12.0. The van der Waals surface area contributed by atoms with Crippen molar-refractivity contribution in [2.75, 3.05) is 63.7 Å². The van der Waals surface area contributed by atoms with Gasteiger partial charge in [-0.05, 0) is 58.0 Å². The molecule has 0 aromatic carbocycles. The minimum atomic E-state index is 0.502. The fourth-order valence-electron chi connectivity index (χ4n) is 4.26. The maximum Gasteiger partial charge on any atom is 0.230 e. The van der Waals surface area contributed by atoms with Crippen molar-refractivity contribution in [2.24, 2.45) is 5.92 Å². The van der Waals surface area contributed by atoms with Gasteiger partial charge < -0.3 is 29.7 Å². The smallest absolute Gasteiger partial charge is 0.230 e. The Balaban J connectivity index is 1.35. The van der Waals surface area contributed by atoms with Crippen LogP contribution in [0.1, 0.15) is 37.8 Å². The van der Waals surface area contributed by atoms with Crippen LogP contribution in [0.2, 0.25) is 0 Å². The fraction of sp³-hybridized carbons (Fsp3) is 0.625. The highest BCUT2D eigenvalue weighted by Gasteiger charge is 2.15. The third-order valence-corrected chi connectivity index (χ3v) is 6.13. The van der Waals surface area contributed by atoms with E-state index in [0.717, 1.165) is 57.1 Å². The molecule has 2 fully saturated rings. The van der Waals surface area contributed by atoms with Crippen LogP contribution in [0.3, 0.4) is 0 Å². The molecule has 0 saturated carbocycles. The lowest BCUT2D eigenvalue weighted by molar-refractivity contribution is 0.0699.